The highest BCUT2D eigenvalue weighted by Gasteiger charge is 2.06. The van der Waals surface area contributed by atoms with Crippen molar-refractivity contribution in [1.29, 1.82) is 0 Å². The molecule has 0 aromatic heterocycles. The van der Waals surface area contributed by atoms with E-state index in [1.807, 2.05) is 32.0 Å². The number of nitrogens with one attached hydrogen (secondary N) is 2. The van der Waals surface area contributed by atoms with Gasteiger partial charge in [-0.25, -0.2) is 9.79 Å². The second-order valence-electron chi connectivity index (χ2n) is 6.05. The molecule has 0 fully saturated rings. The first-order valence-electron chi connectivity index (χ1n) is 8.90. The van der Waals surface area contributed by atoms with Crippen LogP contribution in [-0.2, 0) is 17.8 Å². The van der Waals surface area contributed by atoms with Gasteiger partial charge in [0.25, 0.3) is 0 Å². The molecule has 2 N–H and O–H groups in total. The van der Waals surface area contributed by atoms with E-state index in [9.17, 15) is 4.79 Å². The van der Waals surface area contributed by atoms with Crippen molar-refractivity contribution < 1.29 is 14.3 Å². The monoisotopic (exact) mass is 497 g/mol. The molecule has 0 saturated carbocycles. The molecule has 2 rings (SSSR count). The molecule has 0 radical (unpaired) electrons. The lowest BCUT2D eigenvalue weighted by Crippen LogP contribution is -2.36. The second-order valence-corrected chi connectivity index (χ2v) is 6.05. The predicted octanol–water partition coefficient (Wildman–Crippen LogP) is 3.66. The molecule has 2 aromatic carbocycles. The van der Waals surface area contributed by atoms with E-state index in [2.05, 4.69) is 27.8 Å². The summed E-state index contributed by atoms with van der Waals surface area (Å²) in [6.07, 6.45) is 0. The Kier molecular flexibility index (Phi) is 10.4. The molecule has 0 saturated heterocycles. The van der Waals surface area contributed by atoms with Crippen molar-refractivity contribution in [2.24, 2.45) is 4.99 Å². The van der Waals surface area contributed by atoms with E-state index in [4.69, 9.17) is 9.47 Å². The molecule has 28 heavy (non-hydrogen) atoms. The van der Waals surface area contributed by atoms with Gasteiger partial charge in [-0.05, 0) is 43.2 Å². The average Bonchev–Trinajstić information content (AvgIpc) is 2.70. The first kappa shape index (κ1) is 23.7. The fraction of sp³-hybridized carbons (Fsp3) is 0.333. The van der Waals surface area contributed by atoms with Crippen LogP contribution in [0.4, 0.5) is 0 Å². The molecule has 6 nitrogen and oxygen atoms in total. The highest BCUT2D eigenvalue weighted by atomic mass is 127. The van der Waals surface area contributed by atoms with Gasteiger partial charge in [-0.15, -0.1) is 24.0 Å². The van der Waals surface area contributed by atoms with Gasteiger partial charge in [0.2, 0.25) is 0 Å². The summed E-state index contributed by atoms with van der Waals surface area (Å²) in [5.74, 6) is 1.24. The molecule has 2 aromatic rings. The van der Waals surface area contributed by atoms with E-state index >= 15 is 0 Å². The summed E-state index contributed by atoms with van der Waals surface area (Å²) in [5.41, 5.74) is 3.76. The van der Waals surface area contributed by atoms with Crippen molar-refractivity contribution in [2.45, 2.75) is 26.9 Å². The van der Waals surface area contributed by atoms with Crippen molar-refractivity contribution in [3.8, 4) is 5.75 Å². The number of halogens is 1. The van der Waals surface area contributed by atoms with Crippen LogP contribution in [0, 0.1) is 6.92 Å². The Balaban J connectivity index is 0.00000392. The van der Waals surface area contributed by atoms with Crippen LogP contribution in [0.25, 0.3) is 0 Å². The number of aryl methyl sites for hydroxylation is 1. The highest BCUT2D eigenvalue weighted by Crippen LogP contribution is 2.19. The standard InChI is InChI=1S/C21H27N3O3.HI/c1-5-22-21(24-14-18-9-6-15(2)12-19(18)26-3)23-13-16-7-10-17(11-8-16)20(25)27-4;/h6-12H,5,13-14H2,1-4H3,(H2,22,23,24);1H. The molecule has 0 heterocycles. The molecule has 0 atom stereocenters. The maximum Gasteiger partial charge on any atom is 0.337 e. The number of carbonyl (C=O) groups excluding carboxylic acids is 1. The number of rotatable bonds is 7. The van der Waals surface area contributed by atoms with Crippen LogP contribution in [-0.4, -0.2) is 32.7 Å². The summed E-state index contributed by atoms with van der Waals surface area (Å²) in [7, 11) is 3.05. The van der Waals surface area contributed by atoms with Gasteiger partial charge in [-0.3, -0.25) is 0 Å². The van der Waals surface area contributed by atoms with Crippen LogP contribution < -0.4 is 15.4 Å². The highest BCUT2D eigenvalue weighted by molar-refractivity contribution is 14.0. The Bertz CT molecular complexity index is 792. The minimum Gasteiger partial charge on any atom is -0.496 e. The van der Waals surface area contributed by atoms with Gasteiger partial charge in [-0.2, -0.15) is 0 Å². The number of carbonyl (C=O) groups is 1. The van der Waals surface area contributed by atoms with E-state index in [0.717, 1.165) is 34.9 Å². The molecule has 0 aliphatic heterocycles. The number of aliphatic imine (C=N–C) groups is 1. The predicted molar refractivity (Wildman–Crippen MR) is 123 cm³/mol. The third kappa shape index (κ3) is 7.03. The van der Waals surface area contributed by atoms with Crippen molar-refractivity contribution in [3.63, 3.8) is 0 Å². The molecule has 0 aliphatic rings. The van der Waals surface area contributed by atoms with Gasteiger partial charge < -0.3 is 20.1 Å². The zero-order valence-corrected chi connectivity index (χ0v) is 19.1. The minimum absolute atomic E-state index is 0. The summed E-state index contributed by atoms with van der Waals surface area (Å²) < 4.78 is 10.2. The number of methoxy groups -OCH3 is 2. The summed E-state index contributed by atoms with van der Waals surface area (Å²) in [5, 5.41) is 6.56. The maximum absolute atomic E-state index is 11.5. The van der Waals surface area contributed by atoms with Crippen LogP contribution in [0.15, 0.2) is 47.5 Å². The zero-order valence-electron chi connectivity index (χ0n) is 16.7. The van der Waals surface area contributed by atoms with Gasteiger partial charge in [0.15, 0.2) is 5.96 Å². The molecular formula is C21H28IN3O3. The van der Waals surface area contributed by atoms with Crippen LogP contribution in [0.3, 0.4) is 0 Å². The van der Waals surface area contributed by atoms with Crippen molar-refractivity contribution >= 4 is 35.9 Å². The Morgan fingerprint density at radius 1 is 1.07 bits per heavy atom. The quantitative estimate of drug-likeness (QED) is 0.265. The van der Waals surface area contributed by atoms with Crippen molar-refractivity contribution in [2.75, 3.05) is 20.8 Å². The summed E-state index contributed by atoms with van der Waals surface area (Å²) in [6, 6.07) is 13.4. The second kappa shape index (κ2) is 12.2. The Morgan fingerprint density at radius 3 is 2.39 bits per heavy atom. The van der Waals surface area contributed by atoms with Crippen LogP contribution in [0.1, 0.15) is 34.0 Å². The zero-order chi connectivity index (χ0) is 19.6. The summed E-state index contributed by atoms with van der Waals surface area (Å²) in [6.45, 7) is 5.93. The molecule has 0 amide bonds. The number of hydrogen-bond donors (Lipinski definition) is 2. The third-order valence-corrected chi connectivity index (χ3v) is 4.03. The topological polar surface area (TPSA) is 72.0 Å². The van der Waals surface area contributed by atoms with Gasteiger partial charge >= 0.3 is 5.97 Å². The largest absolute Gasteiger partial charge is 0.496 e. The lowest BCUT2D eigenvalue weighted by Gasteiger charge is -2.14. The minimum atomic E-state index is -0.341. The van der Waals surface area contributed by atoms with Gasteiger partial charge in [0.1, 0.15) is 5.75 Å². The maximum atomic E-state index is 11.5. The van der Waals surface area contributed by atoms with Crippen LogP contribution >= 0.6 is 24.0 Å². The van der Waals surface area contributed by atoms with E-state index in [1.54, 1.807) is 19.2 Å². The summed E-state index contributed by atoms with van der Waals surface area (Å²) in [4.78, 5) is 16.1. The average molecular weight is 497 g/mol. The molecule has 0 aliphatic carbocycles. The molecule has 0 spiro atoms. The molecule has 0 unspecified atom stereocenters. The van der Waals surface area contributed by atoms with Crippen molar-refractivity contribution in [1.82, 2.24) is 10.6 Å². The summed E-state index contributed by atoms with van der Waals surface area (Å²) >= 11 is 0. The molecular weight excluding hydrogens is 469 g/mol. The van der Waals surface area contributed by atoms with Crippen LogP contribution in [0.5, 0.6) is 5.75 Å². The van der Waals surface area contributed by atoms with Crippen LogP contribution in [0.2, 0.25) is 0 Å². The Labute approximate surface area is 183 Å². The fourth-order valence-electron chi connectivity index (χ4n) is 2.55. The number of benzene rings is 2. The molecule has 7 heteroatoms. The third-order valence-electron chi connectivity index (χ3n) is 4.03. The number of esters is 1. The van der Waals surface area contributed by atoms with Gasteiger partial charge in [0.05, 0.1) is 26.3 Å². The number of ether oxygens (including phenoxy) is 2. The number of guanidine groups is 1. The van der Waals surface area contributed by atoms with E-state index in [-0.39, 0.29) is 29.9 Å². The lowest BCUT2D eigenvalue weighted by atomic mass is 10.1. The first-order valence-corrected chi connectivity index (χ1v) is 8.90. The normalized spacial score (nSPS) is 10.6. The van der Waals surface area contributed by atoms with Crippen molar-refractivity contribution in [3.05, 3.63) is 64.7 Å². The smallest absolute Gasteiger partial charge is 0.337 e. The number of hydrogen-bond acceptors (Lipinski definition) is 4. The Morgan fingerprint density at radius 2 is 1.79 bits per heavy atom. The Hall–Kier alpha value is -2.29. The first-order chi connectivity index (χ1) is 13.1. The SMILES string of the molecule is CCNC(=NCc1ccc(C(=O)OC)cc1)NCc1ccc(C)cc1OC.I. The fourth-order valence-corrected chi connectivity index (χ4v) is 2.55. The van der Waals surface area contributed by atoms with E-state index in [1.165, 1.54) is 7.11 Å². The van der Waals surface area contributed by atoms with Gasteiger partial charge in [-0.1, -0.05) is 24.3 Å². The van der Waals surface area contributed by atoms with E-state index < -0.39 is 0 Å². The molecule has 152 valence electrons. The van der Waals surface area contributed by atoms with E-state index in [0.29, 0.717) is 18.7 Å². The lowest BCUT2D eigenvalue weighted by molar-refractivity contribution is 0.0600. The van der Waals surface area contributed by atoms with Gasteiger partial charge in [0, 0.05) is 18.7 Å². The molecule has 0 bridgehead atoms. The number of nitrogens with zero attached hydrogens (tertiary/aromatic N) is 1.